The molecule has 2 aromatic carbocycles. The molecule has 1 amide bonds. The Morgan fingerprint density at radius 3 is 2.39 bits per heavy atom. The number of carbonyl (C=O) groups is 2. The van der Waals surface area contributed by atoms with E-state index in [2.05, 4.69) is 20.3 Å². The van der Waals surface area contributed by atoms with E-state index < -0.39 is 29.0 Å². The Hall–Kier alpha value is -3.75. The molecule has 1 N–H and O–H groups in total. The van der Waals surface area contributed by atoms with Crippen LogP contribution < -0.4 is 5.32 Å². The highest BCUT2D eigenvalue weighted by Gasteiger charge is 2.37. The average Bonchev–Trinajstić information content (AvgIpc) is 3.23. The summed E-state index contributed by atoms with van der Waals surface area (Å²) < 4.78 is 30.4. The summed E-state index contributed by atoms with van der Waals surface area (Å²) in [7, 11) is 1.23. The van der Waals surface area contributed by atoms with Gasteiger partial charge in [-0.25, -0.2) is 14.0 Å². The molecule has 0 radical (unpaired) electrons. The highest BCUT2D eigenvalue weighted by Crippen LogP contribution is 2.30. The fourth-order valence-corrected chi connectivity index (χ4v) is 3.20. The summed E-state index contributed by atoms with van der Waals surface area (Å²) >= 11 is 0. The number of hydrogen-bond donors (Lipinski definition) is 1. The minimum absolute atomic E-state index is 0.0510. The summed E-state index contributed by atoms with van der Waals surface area (Å²) in [6.45, 7) is 6.97. The van der Waals surface area contributed by atoms with Crippen LogP contribution in [-0.4, -0.2) is 35.0 Å². The fourth-order valence-electron chi connectivity index (χ4n) is 3.20. The molecule has 0 aliphatic heterocycles. The van der Waals surface area contributed by atoms with Crippen molar-refractivity contribution in [2.24, 2.45) is 0 Å². The van der Waals surface area contributed by atoms with Gasteiger partial charge < -0.3 is 19.2 Å². The smallest absolute Gasteiger partial charge is 0.408 e. The predicted octanol–water partition coefficient (Wildman–Crippen LogP) is 4.64. The molecule has 0 aliphatic carbocycles. The molecular formula is C24H26FN3O5. The molecule has 8 nitrogen and oxygen atoms in total. The summed E-state index contributed by atoms with van der Waals surface area (Å²) in [6, 6.07) is 13.1. The molecule has 1 aromatic heterocycles. The highest BCUT2D eigenvalue weighted by molar-refractivity contribution is 5.90. The number of nitrogens with one attached hydrogen (secondary N) is 1. The maximum Gasteiger partial charge on any atom is 0.408 e. The number of benzene rings is 2. The van der Waals surface area contributed by atoms with E-state index in [0.29, 0.717) is 6.42 Å². The summed E-state index contributed by atoms with van der Waals surface area (Å²) in [6.07, 6.45) is -0.362. The lowest BCUT2D eigenvalue weighted by atomic mass is 9.92. The first kappa shape index (κ1) is 23.9. The Labute approximate surface area is 191 Å². The van der Waals surface area contributed by atoms with Gasteiger partial charge >= 0.3 is 12.1 Å². The third-order valence-electron chi connectivity index (χ3n) is 4.69. The molecule has 3 aromatic rings. The third kappa shape index (κ3) is 5.94. The van der Waals surface area contributed by atoms with Crippen LogP contribution in [0.15, 0.2) is 52.9 Å². The number of esters is 1. The highest BCUT2D eigenvalue weighted by atomic mass is 19.1. The number of amides is 1. The number of ether oxygens (including phenoxy) is 2. The first-order valence-electron chi connectivity index (χ1n) is 10.3. The van der Waals surface area contributed by atoms with E-state index in [9.17, 15) is 14.0 Å². The van der Waals surface area contributed by atoms with Crippen LogP contribution in [0.4, 0.5) is 9.18 Å². The first-order chi connectivity index (χ1) is 15.5. The van der Waals surface area contributed by atoms with Crippen molar-refractivity contribution in [1.29, 1.82) is 0 Å². The van der Waals surface area contributed by atoms with E-state index in [1.165, 1.54) is 19.2 Å². The number of carbonyl (C=O) groups excluding carboxylic acids is 2. The Bertz CT molecular complexity index is 1140. The second-order valence-electron chi connectivity index (χ2n) is 8.72. The zero-order valence-electron chi connectivity index (χ0n) is 19.1. The van der Waals surface area contributed by atoms with Gasteiger partial charge in [-0.15, -0.1) is 10.2 Å². The number of rotatable bonds is 6. The minimum atomic E-state index is -1.16. The van der Waals surface area contributed by atoms with Crippen LogP contribution >= 0.6 is 0 Å². The van der Waals surface area contributed by atoms with Gasteiger partial charge in [0.25, 0.3) is 5.89 Å². The van der Waals surface area contributed by atoms with Crippen LogP contribution in [0.5, 0.6) is 0 Å². The molecule has 0 aliphatic rings. The van der Waals surface area contributed by atoms with Crippen molar-refractivity contribution in [2.75, 3.05) is 7.11 Å². The summed E-state index contributed by atoms with van der Waals surface area (Å²) in [5.74, 6) is -1.37. The van der Waals surface area contributed by atoms with Crippen LogP contribution in [-0.2, 0) is 21.4 Å². The largest absolute Gasteiger partial charge is 0.465 e. The summed E-state index contributed by atoms with van der Waals surface area (Å²) in [5.41, 5.74) is -0.904. The SMILES string of the molecule is COC(=O)c1ccc(F)c(-c2nnc(C(C)(Cc3ccccc3)NC(=O)OC(C)(C)C)o2)c1. The van der Waals surface area contributed by atoms with E-state index in [0.717, 1.165) is 11.6 Å². The van der Waals surface area contributed by atoms with Crippen LogP contribution in [0, 0.1) is 5.82 Å². The lowest BCUT2D eigenvalue weighted by Gasteiger charge is -2.29. The van der Waals surface area contributed by atoms with Crippen molar-refractivity contribution in [3.8, 4) is 11.5 Å². The summed E-state index contributed by atoms with van der Waals surface area (Å²) in [4.78, 5) is 24.4. The Morgan fingerprint density at radius 1 is 1.06 bits per heavy atom. The molecular weight excluding hydrogens is 429 g/mol. The average molecular weight is 455 g/mol. The summed E-state index contributed by atoms with van der Waals surface area (Å²) in [5, 5.41) is 10.8. The van der Waals surface area contributed by atoms with Crippen molar-refractivity contribution < 1.29 is 27.9 Å². The van der Waals surface area contributed by atoms with E-state index >= 15 is 0 Å². The Kier molecular flexibility index (Phi) is 6.81. The van der Waals surface area contributed by atoms with Crippen LogP contribution in [0.1, 0.15) is 49.5 Å². The number of nitrogens with zero attached hydrogens (tertiary/aromatic N) is 2. The molecule has 0 saturated carbocycles. The van der Waals surface area contributed by atoms with Crippen molar-refractivity contribution >= 4 is 12.1 Å². The second-order valence-corrected chi connectivity index (χ2v) is 8.72. The number of methoxy groups -OCH3 is 1. The van der Waals surface area contributed by atoms with Gasteiger partial charge in [-0.3, -0.25) is 0 Å². The molecule has 0 spiro atoms. The van der Waals surface area contributed by atoms with Crippen molar-refractivity contribution in [1.82, 2.24) is 15.5 Å². The fraction of sp³-hybridized carbons (Fsp3) is 0.333. The van der Waals surface area contributed by atoms with Gasteiger partial charge in [0.15, 0.2) is 0 Å². The zero-order valence-corrected chi connectivity index (χ0v) is 19.1. The molecule has 0 fully saturated rings. The van der Waals surface area contributed by atoms with Crippen LogP contribution in [0.2, 0.25) is 0 Å². The van der Waals surface area contributed by atoms with Crippen LogP contribution in [0.3, 0.4) is 0 Å². The zero-order chi connectivity index (χ0) is 24.2. The standard InChI is InChI=1S/C24H26FN3O5/c1-23(2,3)33-22(30)26-24(4,14-15-9-7-6-8-10-15)21-28-27-19(32-21)17-13-16(20(29)31-5)11-12-18(17)25/h6-13H,14H2,1-5H3,(H,26,30). The molecule has 0 bridgehead atoms. The first-order valence-corrected chi connectivity index (χ1v) is 10.3. The van der Waals surface area contributed by atoms with Gasteiger partial charge in [-0.1, -0.05) is 30.3 Å². The second kappa shape index (κ2) is 9.40. The third-order valence-corrected chi connectivity index (χ3v) is 4.69. The molecule has 1 unspecified atom stereocenters. The molecule has 9 heteroatoms. The quantitative estimate of drug-likeness (QED) is 0.540. The van der Waals surface area contributed by atoms with E-state index in [1.807, 2.05) is 30.3 Å². The molecule has 0 saturated heterocycles. The minimum Gasteiger partial charge on any atom is -0.465 e. The molecule has 1 heterocycles. The van der Waals surface area contributed by atoms with E-state index in [1.54, 1.807) is 27.7 Å². The number of halogens is 1. The van der Waals surface area contributed by atoms with Crippen molar-refractivity contribution in [3.63, 3.8) is 0 Å². The van der Waals surface area contributed by atoms with Crippen LogP contribution in [0.25, 0.3) is 11.5 Å². The molecule has 33 heavy (non-hydrogen) atoms. The molecule has 1 atom stereocenters. The van der Waals surface area contributed by atoms with Gasteiger partial charge in [-0.05, 0) is 51.5 Å². The number of aromatic nitrogens is 2. The maximum absolute atomic E-state index is 14.5. The van der Waals surface area contributed by atoms with Crippen molar-refractivity contribution in [2.45, 2.75) is 45.3 Å². The molecule has 3 rings (SSSR count). The Balaban J connectivity index is 1.99. The van der Waals surface area contributed by atoms with Gasteiger partial charge in [0.1, 0.15) is 17.0 Å². The Morgan fingerprint density at radius 2 is 1.76 bits per heavy atom. The lowest BCUT2D eigenvalue weighted by molar-refractivity contribution is 0.0443. The molecule has 174 valence electrons. The topological polar surface area (TPSA) is 104 Å². The number of hydrogen-bond acceptors (Lipinski definition) is 7. The van der Waals surface area contributed by atoms with Gasteiger partial charge in [0.05, 0.1) is 18.2 Å². The lowest BCUT2D eigenvalue weighted by Crippen LogP contribution is -2.47. The monoisotopic (exact) mass is 455 g/mol. The van der Waals surface area contributed by atoms with Gasteiger partial charge in [0.2, 0.25) is 5.89 Å². The normalized spacial score (nSPS) is 13.2. The van der Waals surface area contributed by atoms with Crippen molar-refractivity contribution in [3.05, 3.63) is 71.4 Å². The van der Waals surface area contributed by atoms with Gasteiger partial charge in [-0.2, -0.15) is 0 Å². The predicted molar refractivity (Wildman–Crippen MR) is 118 cm³/mol. The van der Waals surface area contributed by atoms with E-state index in [-0.39, 0.29) is 22.9 Å². The maximum atomic E-state index is 14.5. The number of alkyl carbamates (subject to hydrolysis) is 1. The van der Waals surface area contributed by atoms with Gasteiger partial charge in [0, 0.05) is 6.42 Å². The van der Waals surface area contributed by atoms with E-state index in [4.69, 9.17) is 9.15 Å².